The Bertz CT molecular complexity index is 434. The van der Waals surface area contributed by atoms with E-state index in [1.54, 1.807) is 11.8 Å². The topological polar surface area (TPSA) is 55.7 Å². The van der Waals surface area contributed by atoms with Gasteiger partial charge in [-0.3, -0.25) is 9.80 Å². The highest BCUT2D eigenvalue weighted by Crippen LogP contribution is 2.11. The largest absolute Gasteiger partial charge is 0.390 e. The smallest absolute Gasteiger partial charge is 0.187 e. The predicted molar refractivity (Wildman–Crippen MR) is 90.1 cm³/mol. The molecule has 1 fully saturated rings. The van der Waals surface area contributed by atoms with Crippen LogP contribution < -0.4 is 0 Å². The summed E-state index contributed by atoms with van der Waals surface area (Å²) in [6, 6.07) is 0. The molecule has 0 saturated carbocycles. The third-order valence-electron chi connectivity index (χ3n) is 3.78. The highest BCUT2D eigenvalue weighted by Gasteiger charge is 2.19. The monoisotopic (exact) mass is 325 g/mol. The van der Waals surface area contributed by atoms with Crippen LogP contribution >= 0.6 is 11.8 Å². The molecule has 1 N–H and O–H groups in total. The van der Waals surface area contributed by atoms with Crippen LogP contribution in [0, 0.1) is 0 Å². The van der Waals surface area contributed by atoms with Crippen molar-refractivity contribution >= 4 is 11.8 Å². The minimum absolute atomic E-state index is 0.269. The molecule has 6 nitrogen and oxygen atoms in total. The summed E-state index contributed by atoms with van der Waals surface area (Å²) in [6.07, 6.45) is 5.56. The van der Waals surface area contributed by atoms with Gasteiger partial charge in [0.05, 0.1) is 6.10 Å². The molecule has 2 heterocycles. The van der Waals surface area contributed by atoms with Crippen molar-refractivity contribution in [2.24, 2.45) is 0 Å². The molecule has 1 atom stereocenters. The first-order valence-electron chi connectivity index (χ1n) is 7.69. The molecule has 1 aromatic rings. The summed E-state index contributed by atoms with van der Waals surface area (Å²) in [5, 5.41) is 10.8. The number of thioether (sulfide) groups is 1. The number of aliphatic hydroxyl groups excluding tert-OH is 1. The van der Waals surface area contributed by atoms with E-state index in [1.807, 2.05) is 37.6 Å². The average molecular weight is 325 g/mol. The molecule has 124 valence electrons. The van der Waals surface area contributed by atoms with E-state index in [0.717, 1.165) is 51.0 Å². The van der Waals surface area contributed by atoms with Crippen LogP contribution in [0.5, 0.6) is 0 Å². The second kappa shape index (κ2) is 8.79. The summed E-state index contributed by atoms with van der Waals surface area (Å²) in [4.78, 5) is 15.4. The molecule has 0 aliphatic carbocycles. The lowest BCUT2D eigenvalue weighted by atomic mass is 10.2. The highest BCUT2D eigenvalue weighted by atomic mass is 32.2. The number of piperazine rings is 1. The lowest BCUT2D eigenvalue weighted by Gasteiger charge is -2.35. The van der Waals surface area contributed by atoms with Crippen molar-refractivity contribution in [3.63, 3.8) is 0 Å². The van der Waals surface area contributed by atoms with Gasteiger partial charge in [-0.05, 0) is 20.4 Å². The van der Waals surface area contributed by atoms with Crippen molar-refractivity contribution in [3.8, 4) is 0 Å². The van der Waals surface area contributed by atoms with Crippen LogP contribution in [-0.4, -0.2) is 95.5 Å². The van der Waals surface area contributed by atoms with E-state index in [2.05, 4.69) is 19.8 Å². The molecule has 1 aliphatic rings. The lowest BCUT2D eigenvalue weighted by molar-refractivity contribution is 0.0575. The van der Waals surface area contributed by atoms with Crippen LogP contribution in [0.4, 0.5) is 0 Å². The van der Waals surface area contributed by atoms with Gasteiger partial charge in [-0.2, -0.15) is 0 Å². The Morgan fingerprint density at radius 2 is 1.77 bits per heavy atom. The second-order valence-electron chi connectivity index (χ2n) is 6.07. The van der Waals surface area contributed by atoms with E-state index in [4.69, 9.17) is 0 Å². The summed E-state index contributed by atoms with van der Waals surface area (Å²) < 4.78 is 0. The van der Waals surface area contributed by atoms with Gasteiger partial charge in [0.25, 0.3) is 0 Å². The molecule has 0 aromatic carbocycles. The Morgan fingerprint density at radius 3 is 2.32 bits per heavy atom. The molecule has 0 radical (unpaired) electrons. The molecule has 2 rings (SSSR count). The summed E-state index contributed by atoms with van der Waals surface area (Å²) in [6.45, 7) is 6.46. The van der Waals surface area contributed by atoms with Crippen LogP contribution in [0.2, 0.25) is 0 Å². The molecule has 1 saturated heterocycles. The van der Waals surface area contributed by atoms with Gasteiger partial charge < -0.3 is 10.0 Å². The van der Waals surface area contributed by atoms with Crippen LogP contribution in [-0.2, 0) is 6.54 Å². The zero-order valence-corrected chi connectivity index (χ0v) is 14.6. The Kier molecular flexibility index (Phi) is 7.04. The molecule has 0 spiro atoms. The SMILES string of the molecule is CSc1ncc(CN2CCN(CC(O)CN(C)C)CC2)cn1. The number of aliphatic hydroxyl groups is 1. The normalized spacial score (nSPS) is 18.8. The molecular weight excluding hydrogens is 298 g/mol. The Balaban J connectivity index is 1.72. The van der Waals surface area contributed by atoms with Crippen molar-refractivity contribution < 1.29 is 5.11 Å². The number of rotatable bonds is 7. The number of hydrogen-bond donors (Lipinski definition) is 1. The number of likely N-dealkylation sites (N-methyl/N-ethyl adjacent to an activating group) is 1. The van der Waals surface area contributed by atoms with Crippen molar-refractivity contribution in [1.82, 2.24) is 24.7 Å². The maximum absolute atomic E-state index is 10.0. The van der Waals surface area contributed by atoms with E-state index in [-0.39, 0.29) is 6.10 Å². The van der Waals surface area contributed by atoms with E-state index < -0.39 is 0 Å². The maximum Gasteiger partial charge on any atom is 0.187 e. The fourth-order valence-electron chi connectivity index (χ4n) is 2.70. The Hall–Kier alpha value is -0.730. The van der Waals surface area contributed by atoms with Gasteiger partial charge in [-0.15, -0.1) is 0 Å². The quantitative estimate of drug-likeness (QED) is 0.569. The first-order chi connectivity index (χ1) is 10.6. The van der Waals surface area contributed by atoms with Crippen molar-refractivity contribution in [3.05, 3.63) is 18.0 Å². The second-order valence-corrected chi connectivity index (χ2v) is 6.84. The first kappa shape index (κ1) is 17.6. The minimum atomic E-state index is -0.269. The van der Waals surface area contributed by atoms with Gasteiger partial charge in [0.2, 0.25) is 0 Å². The predicted octanol–water partition coefficient (Wildman–Crippen LogP) is 0.239. The van der Waals surface area contributed by atoms with Crippen molar-refractivity contribution in [2.45, 2.75) is 17.8 Å². The standard InChI is InChI=1S/C15H27N5OS/c1-18(2)11-14(21)12-20-6-4-19(5-7-20)10-13-8-16-15(22-3)17-9-13/h8-9,14,21H,4-7,10-12H2,1-3H3. The molecule has 0 amide bonds. The fraction of sp³-hybridized carbons (Fsp3) is 0.733. The van der Waals surface area contributed by atoms with Gasteiger partial charge in [0.15, 0.2) is 5.16 Å². The van der Waals surface area contributed by atoms with Crippen LogP contribution in [0.25, 0.3) is 0 Å². The molecule has 1 unspecified atom stereocenters. The molecule has 1 aromatic heterocycles. The highest BCUT2D eigenvalue weighted by molar-refractivity contribution is 7.98. The number of β-amino-alcohol motifs (C(OH)–C–C–N with tert-alkyl or cyclic N) is 1. The molecule has 7 heteroatoms. The average Bonchev–Trinajstić information content (AvgIpc) is 2.49. The third kappa shape index (κ3) is 5.81. The minimum Gasteiger partial charge on any atom is -0.390 e. The maximum atomic E-state index is 10.0. The fourth-order valence-corrected chi connectivity index (χ4v) is 3.01. The Labute approximate surface area is 137 Å². The molecule has 1 aliphatic heterocycles. The van der Waals surface area contributed by atoms with E-state index in [0.29, 0.717) is 0 Å². The Morgan fingerprint density at radius 1 is 1.18 bits per heavy atom. The van der Waals surface area contributed by atoms with Crippen LogP contribution in [0.1, 0.15) is 5.56 Å². The summed E-state index contributed by atoms with van der Waals surface area (Å²) in [5.41, 5.74) is 1.17. The van der Waals surface area contributed by atoms with Gasteiger partial charge >= 0.3 is 0 Å². The van der Waals surface area contributed by atoms with Gasteiger partial charge in [-0.25, -0.2) is 9.97 Å². The number of aromatic nitrogens is 2. The summed E-state index contributed by atoms with van der Waals surface area (Å²) in [7, 11) is 3.98. The van der Waals surface area contributed by atoms with Crippen LogP contribution in [0.15, 0.2) is 17.6 Å². The van der Waals surface area contributed by atoms with Crippen molar-refractivity contribution in [1.29, 1.82) is 0 Å². The molecule has 22 heavy (non-hydrogen) atoms. The van der Waals surface area contributed by atoms with Gasteiger partial charge in [0, 0.05) is 63.8 Å². The third-order valence-corrected chi connectivity index (χ3v) is 4.36. The van der Waals surface area contributed by atoms with E-state index in [1.165, 1.54) is 5.56 Å². The summed E-state index contributed by atoms with van der Waals surface area (Å²) in [5.74, 6) is 0. The molecular formula is C15H27N5OS. The zero-order valence-electron chi connectivity index (χ0n) is 13.8. The number of hydrogen-bond acceptors (Lipinski definition) is 7. The molecule has 0 bridgehead atoms. The van der Waals surface area contributed by atoms with Crippen LogP contribution in [0.3, 0.4) is 0 Å². The zero-order chi connectivity index (χ0) is 15.9. The van der Waals surface area contributed by atoms with E-state index in [9.17, 15) is 5.11 Å². The lowest BCUT2D eigenvalue weighted by Crippen LogP contribution is -2.49. The van der Waals surface area contributed by atoms with E-state index >= 15 is 0 Å². The first-order valence-corrected chi connectivity index (χ1v) is 8.91. The van der Waals surface area contributed by atoms with Gasteiger partial charge in [-0.1, -0.05) is 11.8 Å². The number of nitrogens with zero attached hydrogens (tertiary/aromatic N) is 5. The summed E-state index contributed by atoms with van der Waals surface area (Å²) >= 11 is 1.56. The van der Waals surface area contributed by atoms with Crippen molar-refractivity contribution in [2.75, 3.05) is 59.6 Å². The van der Waals surface area contributed by atoms with Gasteiger partial charge in [0.1, 0.15) is 0 Å².